The Morgan fingerprint density at radius 2 is 1.83 bits per heavy atom. The van der Waals surface area contributed by atoms with Gasteiger partial charge in [0.25, 0.3) is 0 Å². The SMILES string of the molecule is CC(N)=NC(C)=Nc1cc([C@@H]2C[C@H]2C2CN(Cc3ccncc3)c3ccccc3N2C)nc(C)n1. The molecule has 0 amide bonds. The van der Waals surface area contributed by atoms with E-state index in [0.717, 1.165) is 31.0 Å². The van der Waals surface area contributed by atoms with E-state index in [1.807, 2.05) is 32.3 Å². The minimum absolute atomic E-state index is 0.394. The highest BCUT2D eigenvalue weighted by Gasteiger charge is 2.48. The number of nitrogens with zero attached hydrogens (tertiary/aromatic N) is 7. The Bertz CT molecular complexity index is 1270. The number of para-hydroxylation sites is 2. The van der Waals surface area contributed by atoms with E-state index < -0.39 is 0 Å². The maximum absolute atomic E-state index is 5.70. The van der Waals surface area contributed by atoms with Crippen LogP contribution in [0.5, 0.6) is 0 Å². The minimum atomic E-state index is 0.394. The van der Waals surface area contributed by atoms with Crippen LogP contribution in [-0.2, 0) is 6.54 Å². The van der Waals surface area contributed by atoms with Crippen LogP contribution in [0.1, 0.15) is 43.3 Å². The molecule has 2 N–H and O–H groups in total. The van der Waals surface area contributed by atoms with Crippen LogP contribution in [0.3, 0.4) is 0 Å². The molecule has 1 unspecified atom stereocenters. The second-order valence-corrected chi connectivity index (χ2v) is 9.52. The van der Waals surface area contributed by atoms with Gasteiger partial charge in [-0.25, -0.2) is 20.0 Å². The lowest BCUT2D eigenvalue weighted by Gasteiger charge is -2.43. The van der Waals surface area contributed by atoms with E-state index in [0.29, 0.717) is 35.4 Å². The zero-order valence-electron chi connectivity index (χ0n) is 20.8. The summed E-state index contributed by atoms with van der Waals surface area (Å²) in [5.74, 6) is 3.36. The summed E-state index contributed by atoms with van der Waals surface area (Å²) in [5, 5.41) is 0. The van der Waals surface area contributed by atoms with Crippen LogP contribution < -0.4 is 15.5 Å². The lowest BCUT2D eigenvalue weighted by atomic mass is 10.0. The van der Waals surface area contributed by atoms with Crippen molar-refractivity contribution >= 4 is 28.9 Å². The average molecular weight is 469 g/mol. The van der Waals surface area contributed by atoms with Crippen molar-refractivity contribution in [1.82, 2.24) is 15.0 Å². The van der Waals surface area contributed by atoms with Crippen LogP contribution in [0, 0.1) is 12.8 Å². The van der Waals surface area contributed by atoms with Crippen LogP contribution in [-0.4, -0.2) is 46.3 Å². The lowest BCUT2D eigenvalue weighted by molar-refractivity contribution is 0.516. The molecule has 5 rings (SSSR count). The molecule has 1 aromatic carbocycles. The maximum atomic E-state index is 5.70. The van der Waals surface area contributed by atoms with Crippen LogP contribution in [0.15, 0.2) is 64.8 Å². The third kappa shape index (κ3) is 5.01. The molecule has 0 bridgehead atoms. The molecule has 1 saturated carbocycles. The van der Waals surface area contributed by atoms with Gasteiger partial charge in [-0.05, 0) is 62.9 Å². The predicted octanol–water partition coefficient (Wildman–Crippen LogP) is 4.24. The molecule has 1 aliphatic carbocycles. The molecule has 8 nitrogen and oxygen atoms in total. The largest absolute Gasteiger partial charge is 0.387 e. The van der Waals surface area contributed by atoms with Crippen molar-refractivity contribution in [1.29, 1.82) is 0 Å². The second-order valence-electron chi connectivity index (χ2n) is 9.52. The molecule has 1 fully saturated rings. The van der Waals surface area contributed by atoms with Gasteiger partial charge in [-0.15, -0.1) is 0 Å². The van der Waals surface area contributed by atoms with Crippen LogP contribution in [0.4, 0.5) is 17.2 Å². The van der Waals surface area contributed by atoms with Crippen molar-refractivity contribution in [2.24, 2.45) is 21.6 Å². The Kier molecular flexibility index (Phi) is 6.19. The van der Waals surface area contributed by atoms with Crippen molar-refractivity contribution in [2.75, 3.05) is 23.4 Å². The molecule has 3 aromatic rings. The standard InChI is InChI=1S/C27H32N8/c1-17(28)30-18(2)32-27-14-23(31-19(3)33-27)21-13-22(21)26-16-35(15-20-9-11-29-12-10-20)25-8-6-5-7-24(25)34(26)4/h5-12,14,21-22,26H,13,15-16H2,1-4H3,(H2,28,30,31,32,33)/t21-,22-,26?/m1/s1. The van der Waals surface area contributed by atoms with Gasteiger partial charge in [0, 0.05) is 56.3 Å². The topological polar surface area (TPSA) is 95.9 Å². The normalized spacial score (nSPS) is 22.2. The number of aryl methyl sites for hydroxylation is 1. The number of amidine groups is 2. The molecular weight excluding hydrogens is 436 g/mol. The van der Waals surface area contributed by atoms with Gasteiger partial charge in [-0.3, -0.25) is 4.98 Å². The highest BCUT2D eigenvalue weighted by molar-refractivity contribution is 5.94. The van der Waals surface area contributed by atoms with Crippen LogP contribution in [0.25, 0.3) is 0 Å². The van der Waals surface area contributed by atoms with E-state index in [-0.39, 0.29) is 0 Å². The van der Waals surface area contributed by atoms with E-state index >= 15 is 0 Å². The highest BCUT2D eigenvalue weighted by atomic mass is 15.3. The molecule has 8 heteroatoms. The van der Waals surface area contributed by atoms with Gasteiger partial charge in [0.1, 0.15) is 11.7 Å². The third-order valence-corrected chi connectivity index (χ3v) is 6.80. The number of rotatable bonds is 5. The number of aliphatic imine (C=N–C) groups is 2. The van der Waals surface area contributed by atoms with E-state index in [1.54, 1.807) is 6.92 Å². The van der Waals surface area contributed by atoms with Gasteiger partial charge in [-0.2, -0.15) is 0 Å². The molecule has 0 spiro atoms. The molecule has 1 aliphatic heterocycles. The predicted molar refractivity (Wildman–Crippen MR) is 142 cm³/mol. The second kappa shape index (κ2) is 9.44. The summed E-state index contributed by atoms with van der Waals surface area (Å²) in [7, 11) is 2.22. The number of anilines is 2. The maximum Gasteiger partial charge on any atom is 0.157 e. The summed E-state index contributed by atoms with van der Waals surface area (Å²) in [6.45, 7) is 7.34. The van der Waals surface area contributed by atoms with Gasteiger partial charge < -0.3 is 15.5 Å². The lowest BCUT2D eigenvalue weighted by Crippen LogP contribution is -2.48. The molecule has 3 atom stereocenters. The fraction of sp³-hybridized carbons (Fsp3) is 0.370. The Hall–Kier alpha value is -3.81. The van der Waals surface area contributed by atoms with Crippen molar-refractivity contribution in [3.63, 3.8) is 0 Å². The first kappa shape index (κ1) is 23.0. The van der Waals surface area contributed by atoms with Gasteiger partial charge in [0.05, 0.1) is 17.2 Å². The first-order chi connectivity index (χ1) is 16.9. The summed E-state index contributed by atoms with van der Waals surface area (Å²) in [6.07, 6.45) is 4.84. The zero-order chi connectivity index (χ0) is 24.5. The summed E-state index contributed by atoms with van der Waals surface area (Å²) >= 11 is 0. The number of benzene rings is 1. The number of likely N-dealkylation sites (N-methyl/N-ethyl adjacent to an activating group) is 1. The van der Waals surface area contributed by atoms with E-state index in [2.05, 4.69) is 73.2 Å². The number of fused-ring (bicyclic) bond motifs is 1. The molecule has 0 radical (unpaired) electrons. The summed E-state index contributed by atoms with van der Waals surface area (Å²) in [4.78, 5) is 27.2. The third-order valence-electron chi connectivity index (χ3n) is 6.80. The summed E-state index contributed by atoms with van der Waals surface area (Å²) < 4.78 is 0. The Balaban J connectivity index is 1.39. The van der Waals surface area contributed by atoms with Gasteiger partial charge in [-0.1, -0.05) is 12.1 Å². The molecule has 180 valence electrons. The number of hydrogen-bond donors (Lipinski definition) is 1. The quantitative estimate of drug-likeness (QED) is 0.445. The summed E-state index contributed by atoms with van der Waals surface area (Å²) in [5.41, 5.74) is 10.6. The van der Waals surface area contributed by atoms with E-state index in [4.69, 9.17) is 10.7 Å². The average Bonchev–Trinajstić information content (AvgIpc) is 3.61. The van der Waals surface area contributed by atoms with Crippen LogP contribution >= 0.6 is 0 Å². The van der Waals surface area contributed by atoms with Gasteiger partial charge in [0.15, 0.2) is 5.82 Å². The van der Waals surface area contributed by atoms with E-state index in [1.165, 1.54) is 16.9 Å². The molecule has 0 saturated heterocycles. The molecule has 35 heavy (non-hydrogen) atoms. The van der Waals surface area contributed by atoms with Crippen molar-refractivity contribution in [3.05, 3.63) is 71.9 Å². The van der Waals surface area contributed by atoms with Crippen molar-refractivity contribution in [3.8, 4) is 0 Å². The fourth-order valence-corrected chi connectivity index (χ4v) is 5.18. The molecule has 2 aliphatic rings. The molecule has 2 aromatic heterocycles. The number of nitrogens with two attached hydrogens (primary N) is 1. The van der Waals surface area contributed by atoms with Crippen LogP contribution in [0.2, 0.25) is 0 Å². The Morgan fingerprint density at radius 1 is 1.09 bits per heavy atom. The Labute approximate surface area is 206 Å². The van der Waals surface area contributed by atoms with Crippen molar-refractivity contribution in [2.45, 2.75) is 45.7 Å². The van der Waals surface area contributed by atoms with Crippen molar-refractivity contribution < 1.29 is 0 Å². The monoisotopic (exact) mass is 468 g/mol. The molecule has 3 heterocycles. The minimum Gasteiger partial charge on any atom is -0.387 e. The first-order valence-corrected chi connectivity index (χ1v) is 12.1. The highest BCUT2D eigenvalue weighted by Crippen LogP contribution is 2.53. The van der Waals surface area contributed by atoms with Gasteiger partial charge in [0.2, 0.25) is 0 Å². The fourth-order valence-electron chi connectivity index (χ4n) is 5.18. The van der Waals surface area contributed by atoms with Gasteiger partial charge >= 0.3 is 0 Å². The zero-order valence-corrected chi connectivity index (χ0v) is 20.8. The number of aromatic nitrogens is 3. The van der Waals surface area contributed by atoms with E-state index in [9.17, 15) is 0 Å². The summed E-state index contributed by atoms with van der Waals surface area (Å²) in [6, 6.07) is 15.3. The number of pyridine rings is 1. The smallest absolute Gasteiger partial charge is 0.157 e. The molecular formula is C27H32N8. The Morgan fingerprint density at radius 3 is 2.57 bits per heavy atom. The first-order valence-electron chi connectivity index (χ1n) is 12.1. The number of hydrogen-bond acceptors (Lipinski definition) is 6.